The molecule has 2 rings (SSSR count). The van der Waals surface area contributed by atoms with Crippen molar-refractivity contribution >= 4 is 12.1 Å². The van der Waals surface area contributed by atoms with E-state index in [0.717, 1.165) is 5.56 Å². The van der Waals surface area contributed by atoms with Crippen molar-refractivity contribution < 1.29 is 28.9 Å². The van der Waals surface area contributed by atoms with Crippen LogP contribution in [0.2, 0.25) is 0 Å². The largest absolute Gasteiger partial charge is 0.493 e. The summed E-state index contributed by atoms with van der Waals surface area (Å²) in [5.41, 5.74) is 0.957. The number of methoxy groups -OCH3 is 1. The van der Waals surface area contributed by atoms with E-state index in [0.29, 0.717) is 23.7 Å². The van der Waals surface area contributed by atoms with Gasteiger partial charge in [0.25, 0.3) is 0 Å². The van der Waals surface area contributed by atoms with Crippen molar-refractivity contribution in [2.75, 3.05) is 7.11 Å². The Morgan fingerprint density at radius 3 is 2.31 bits per heavy atom. The van der Waals surface area contributed by atoms with Crippen LogP contribution in [0.15, 0.2) is 48.5 Å². The SMILES string of the molecule is COc1ccc(CC(NC(=O)OC(C)(C)C)C(=O)O)cc1OCc1ccccc1. The molecule has 0 saturated heterocycles. The number of ether oxygens (including phenoxy) is 3. The lowest BCUT2D eigenvalue weighted by molar-refractivity contribution is -0.139. The molecular formula is C22H27NO6. The maximum absolute atomic E-state index is 11.9. The molecule has 1 atom stereocenters. The van der Waals surface area contributed by atoms with Gasteiger partial charge in [0.2, 0.25) is 0 Å². The smallest absolute Gasteiger partial charge is 0.408 e. The van der Waals surface area contributed by atoms with Gasteiger partial charge in [-0.3, -0.25) is 0 Å². The fourth-order valence-electron chi connectivity index (χ4n) is 2.58. The molecule has 0 fully saturated rings. The first kappa shape index (κ1) is 22.1. The van der Waals surface area contributed by atoms with Crippen molar-refractivity contribution in [2.24, 2.45) is 0 Å². The maximum Gasteiger partial charge on any atom is 0.408 e. The van der Waals surface area contributed by atoms with Crippen LogP contribution in [0.4, 0.5) is 4.79 Å². The van der Waals surface area contributed by atoms with E-state index >= 15 is 0 Å². The molecule has 0 saturated carbocycles. The molecule has 1 unspecified atom stereocenters. The number of carboxylic acid groups (broad SMARTS) is 1. The Labute approximate surface area is 170 Å². The minimum absolute atomic E-state index is 0.0697. The predicted molar refractivity (Wildman–Crippen MR) is 108 cm³/mol. The minimum atomic E-state index is -1.15. The van der Waals surface area contributed by atoms with E-state index in [1.807, 2.05) is 30.3 Å². The molecule has 7 heteroatoms. The normalized spacial score (nSPS) is 12.0. The quantitative estimate of drug-likeness (QED) is 0.699. The number of benzene rings is 2. The highest BCUT2D eigenvalue weighted by atomic mass is 16.6. The molecule has 0 bridgehead atoms. The van der Waals surface area contributed by atoms with Gasteiger partial charge in [-0.05, 0) is 44.0 Å². The molecule has 0 aliphatic heterocycles. The van der Waals surface area contributed by atoms with Gasteiger partial charge in [-0.25, -0.2) is 9.59 Å². The van der Waals surface area contributed by atoms with Crippen molar-refractivity contribution in [3.05, 3.63) is 59.7 Å². The molecule has 0 aliphatic carbocycles. The molecular weight excluding hydrogens is 374 g/mol. The zero-order valence-electron chi connectivity index (χ0n) is 17.1. The van der Waals surface area contributed by atoms with Gasteiger partial charge in [0.15, 0.2) is 11.5 Å². The van der Waals surface area contributed by atoms with Gasteiger partial charge in [-0.2, -0.15) is 0 Å². The third kappa shape index (κ3) is 7.37. The van der Waals surface area contributed by atoms with Crippen LogP contribution in [0, 0.1) is 0 Å². The number of hydrogen-bond acceptors (Lipinski definition) is 5. The number of rotatable bonds is 8. The van der Waals surface area contributed by atoms with E-state index in [1.165, 1.54) is 7.11 Å². The van der Waals surface area contributed by atoms with Crippen molar-refractivity contribution in [2.45, 2.75) is 45.4 Å². The second-order valence-electron chi connectivity index (χ2n) is 7.50. The molecule has 2 aromatic rings. The summed E-state index contributed by atoms with van der Waals surface area (Å²) in [5, 5.41) is 11.9. The van der Waals surface area contributed by atoms with Gasteiger partial charge >= 0.3 is 12.1 Å². The summed E-state index contributed by atoms with van der Waals surface area (Å²) < 4.78 is 16.3. The number of aliphatic carboxylic acids is 1. The Hall–Kier alpha value is -3.22. The molecule has 0 aromatic heterocycles. The fraction of sp³-hybridized carbons (Fsp3) is 0.364. The number of carbonyl (C=O) groups excluding carboxylic acids is 1. The highest BCUT2D eigenvalue weighted by Crippen LogP contribution is 2.29. The van der Waals surface area contributed by atoms with Crippen molar-refractivity contribution in [1.82, 2.24) is 5.32 Å². The summed E-state index contributed by atoms with van der Waals surface area (Å²) in [6.07, 6.45) is -0.709. The number of hydrogen-bond donors (Lipinski definition) is 2. The van der Waals surface area contributed by atoms with E-state index in [2.05, 4.69) is 5.32 Å². The van der Waals surface area contributed by atoms with Crippen molar-refractivity contribution in [3.63, 3.8) is 0 Å². The topological polar surface area (TPSA) is 94.1 Å². The van der Waals surface area contributed by atoms with Crippen molar-refractivity contribution in [1.29, 1.82) is 0 Å². The van der Waals surface area contributed by atoms with Crippen LogP contribution in [-0.4, -0.2) is 35.9 Å². The number of alkyl carbamates (subject to hydrolysis) is 1. The Bertz CT molecular complexity index is 829. The van der Waals surface area contributed by atoms with Crippen LogP contribution in [0.25, 0.3) is 0 Å². The molecule has 29 heavy (non-hydrogen) atoms. The van der Waals surface area contributed by atoms with Gasteiger partial charge in [-0.1, -0.05) is 36.4 Å². The standard InChI is InChI=1S/C22H27NO6/c1-22(2,3)29-21(26)23-17(20(24)25)12-16-10-11-18(27-4)19(13-16)28-14-15-8-6-5-7-9-15/h5-11,13,17H,12,14H2,1-4H3,(H,23,26)(H,24,25). The highest BCUT2D eigenvalue weighted by molar-refractivity contribution is 5.80. The van der Waals surface area contributed by atoms with Gasteiger partial charge in [-0.15, -0.1) is 0 Å². The summed E-state index contributed by atoms with van der Waals surface area (Å²) in [6.45, 7) is 5.48. The van der Waals surface area contributed by atoms with Crippen LogP contribution in [-0.2, 0) is 22.6 Å². The number of carboxylic acids is 1. The number of amides is 1. The monoisotopic (exact) mass is 401 g/mol. The summed E-state index contributed by atoms with van der Waals surface area (Å²) in [4.78, 5) is 23.5. The third-order valence-corrected chi connectivity index (χ3v) is 3.89. The van der Waals surface area contributed by atoms with E-state index in [-0.39, 0.29) is 6.42 Å². The van der Waals surface area contributed by atoms with Crippen LogP contribution in [0.1, 0.15) is 31.9 Å². The summed E-state index contributed by atoms with van der Waals surface area (Å²) in [7, 11) is 1.54. The van der Waals surface area contributed by atoms with Crippen molar-refractivity contribution in [3.8, 4) is 11.5 Å². The van der Waals surface area contributed by atoms with Crippen LogP contribution in [0.3, 0.4) is 0 Å². The number of carbonyl (C=O) groups is 2. The Morgan fingerprint density at radius 2 is 1.72 bits per heavy atom. The molecule has 156 valence electrons. The molecule has 1 amide bonds. The summed E-state index contributed by atoms with van der Waals surface area (Å²) in [6, 6.07) is 13.7. The summed E-state index contributed by atoms with van der Waals surface area (Å²) >= 11 is 0. The molecule has 0 spiro atoms. The molecule has 2 aromatic carbocycles. The second kappa shape index (κ2) is 9.82. The van der Waals surface area contributed by atoms with E-state index < -0.39 is 23.7 Å². The van der Waals surface area contributed by atoms with Crippen LogP contribution in [0.5, 0.6) is 11.5 Å². The molecule has 7 nitrogen and oxygen atoms in total. The molecule has 2 N–H and O–H groups in total. The van der Waals surface area contributed by atoms with Gasteiger partial charge in [0.1, 0.15) is 18.2 Å². The second-order valence-corrected chi connectivity index (χ2v) is 7.50. The van der Waals surface area contributed by atoms with E-state index in [1.54, 1.807) is 39.0 Å². The first-order chi connectivity index (χ1) is 13.7. The van der Waals surface area contributed by atoms with Crippen LogP contribution < -0.4 is 14.8 Å². The Kier molecular flexibility index (Phi) is 7.47. The lowest BCUT2D eigenvalue weighted by atomic mass is 10.1. The lowest BCUT2D eigenvalue weighted by Crippen LogP contribution is -2.44. The maximum atomic E-state index is 11.9. The van der Waals surface area contributed by atoms with Crippen LogP contribution >= 0.6 is 0 Å². The first-order valence-corrected chi connectivity index (χ1v) is 9.24. The highest BCUT2D eigenvalue weighted by Gasteiger charge is 2.24. The zero-order chi connectivity index (χ0) is 21.4. The van der Waals surface area contributed by atoms with E-state index in [4.69, 9.17) is 14.2 Å². The predicted octanol–water partition coefficient (Wildman–Crippen LogP) is 3.79. The molecule has 0 heterocycles. The molecule has 0 aliphatic rings. The summed E-state index contributed by atoms with van der Waals surface area (Å²) in [5.74, 6) is -0.120. The Morgan fingerprint density at radius 1 is 1.03 bits per heavy atom. The minimum Gasteiger partial charge on any atom is -0.493 e. The zero-order valence-corrected chi connectivity index (χ0v) is 17.1. The van der Waals surface area contributed by atoms with Gasteiger partial charge in [0, 0.05) is 6.42 Å². The first-order valence-electron chi connectivity index (χ1n) is 9.24. The van der Waals surface area contributed by atoms with E-state index in [9.17, 15) is 14.7 Å². The van der Waals surface area contributed by atoms with Gasteiger partial charge in [0.05, 0.1) is 7.11 Å². The molecule has 0 radical (unpaired) electrons. The third-order valence-electron chi connectivity index (χ3n) is 3.89. The Balaban J connectivity index is 2.11. The lowest BCUT2D eigenvalue weighted by Gasteiger charge is -2.22. The van der Waals surface area contributed by atoms with Gasteiger partial charge < -0.3 is 24.6 Å². The fourth-order valence-corrected chi connectivity index (χ4v) is 2.58. The number of nitrogens with one attached hydrogen (secondary N) is 1. The average Bonchev–Trinajstić information content (AvgIpc) is 2.65. The average molecular weight is 401 g/mol.